The van der Waals surface area contributed by atoms with Gasteiger partial charge in [0.15, 0.2) is 11.5 Å². The number of nitrogens with zero attached hydrogens (tertiary/aromatic N) is 1. The van der Waals surface area contributed by atoms with E-state index in [0.29, 0.717) is 34.7 Å². The lowest BCUT2D eigenvalue weighted by atomic mass is 9.90. The van der Waals surface area contributed by atoms with E-state index in [2.05, 4.69) is 25.8 Å². The van der Waals surface area contributed by atoms with Crippen LogP contribution in [-0.4, -0.2) is 26.8 Å². The molecule has 1 aromatic heterocycles. The van der Waals surface area contributed by atoms with Gasteiger partial charge in [0.25, 0.3) is 0 Å². The van der Waals surface area contributed by atoms with Crippen LogP contribution >= 0.6 is 15.9 Å². The van der Waals surface area contributed by atoms with Crippen LogP contribution in [0.1, 0.15) is 32.0 Å². The third-order valence-corrected chi connectivity index (χ3v) is 6.05. The Morgan fingerprint density at radius 1 is 1.20 bits per heavy atom. The van der Waals surface area contributed by atoms with Gasteiger partial charge in [-0.25, -0.2) is 13.1 Å². The molecule has 7 nitrogen and oxygen atoms in total. The first-order chi connectivity index (χ1) is 11.7. The first kappa shape index (κ1) is 18.2. The van der Waals surface area contributed by atoms with Crippen LogP contribution in [0.25, 0.3) is 0 Å². The average molecular weight is 431 g/mol. The van der Waals surface area contributed by atoms with Crippen LogP contribution in [-0.2, 0) is 22.0 Å². The maximum absolute atomic E-state index is 12.7. The van der Waals surface area contributed by atoms with Crippen LogP contribution in [0.2, 0.25) is 0 Å². The van der Waals surface area contributed by atoms with E-state index >= 15 is 0 Å². The molecule has 0 atom stereocenters. The van der Waals surface area contributed by atoms with Crippen LogP contribution < -0.4 is 14.2 Å². The van der Waals surface area contributed by atoms with Crippen LogP contribution in [0.5, 0.6) is 11.5 Å². The van der Waals surface area contributed by atoms with Gasteiger partial charge in [-0.3, -0.25) is 0 Å². The minimum Gasteiger partial charge on any atom is -0.486 e. The molecular weight excluding hydrogens is 412 g/mol. The summed E-state index contributed by atoms with van der Waals surface area (Å²) in [5.74, 6) is 0.932. The summed E-state index contributed by atoms with van der Waals surface area (Å²) in [4.78, 5) is 0.0884. The molecule has 0 fully saturated rings. The normalized spacial score (nSPS) is 14.6. The molecule has 2 aromatic rings. The Labute approximate surface area is 154 Å². The molecule has 9 heteroatoms. The quantitative estimate of drug-likeness (QED) is 0.801. The van der Waals surface area contributed by atoms with Crippen molar-refractivity contribution in [2.45, 2.75) is 37.6 Å². The Morgan fingerprint density at radius 3 is 2.48 bits per heavy atom. The van der Waals surface area contributed by atoms with Gasteiger partial charge in [0, 0.05) is 28.1 Å². The van der Waals surface area contributed by atoms with Gasteiger partial charge in [0.2, 0.25) is 10.0 Å². The number of halogens is 1. The van der Waals surface area contributed by atoms with Crippen LogP contribution in [0.15, 0.2) is 32.3 Å². The standard InChI is InChI=1S/C16H19BrN2O5S/c1-16(2,3)15-10(9-24-19-15)8-18-25(20,21)14-7-13-12(6-11(14)17)22-4-5-23-13/h6-7,9,18H,4-5,8H2,1-3H3. The Kier molecular flexibility index (Phi) is 4.82. The van der Waals surface area contributed by atoms with Gasteiger partial charge < -0.3 is 14.0 Å². The second-order valence-electron chi connectivity index (χ2n) is 6.69. The third kappa shape index (κ3) is 3.83. The van der Waals surface area contributed by atoms with Gasteiger partial charge >= 0.3 is 0 Å². The van der Waals surface area contributed by atoms with Crippen LogP contribution in [0.4, 0.5) is 0 Å². The number of aromatic nitrogens is 1. The number of rotatable bonds is 4. The van der Waals surface area contributed by atoms with Gasteiger partial charge in [-0.05, 0) is 22.0 Å². The summed E-state index contributed by atoms with van der Waals surface area (Å²) in [5, 5.41) is 3.98. The first-order valence-corrected chi connectivity index (χ1v) is 9.98. The fourth-order valence-electron chi connectivity index (χ4n) is 2.50. The lowest BCUT2D eigenvalue weighted by Gasteiger charge is -2.20. The highest BCUT2D eigenvalue weighted by atomic mass is 79.9. The summed E-state index contributed by atoms with van der Waals surface area (Å²) >= 11 is 3.29. The van der Waals surface area contributed by atoms with Crippen LogP contribution in [0, 0.1) is 0 Å². The van der Waals surface area contributed by atoms with E-state index < -0.39 is 10.0 Å². The predicted molar refractivity (Wildman–Crippen MR) is 94.4 cm³/mol. The molecule has 0 spiro atoms. The minimum atomic E-state index is -3.76. The molecule has 1 N–H and O–H groups in total. The zero-order chi connectivity index (χ0) is 18.2. The molecule has 0 radical (unpaired) electrons. The Balaban J connectivity index is 1.85. The van der Waals surface area contributed by atoms with E-state index in [9.17, 15) is 8.42 Å². The molecular formula is C16H19BrN2O5S. The predicted octanol–water partition coefficient (Wildman–Crippen LogP) is 2.98. The summed E-state index contributed by atoms with van der Waals surface area (Å²) in [5.41, 5.74) is 1.17. The van der Waals surface area contributed by atoms with Crippen molar-refractivity contribution in [2.24, 2.45) is 0 Å². The van der Waals surface area contributed by atoms with E-state index in [0.717, 1.165) is 5.69 Å². The second-order valence-corrected chi connectivity index (χ2v) is 9.28. The number of hydrogen-bond donors (Lipinski definition) is 1. The topological polar surface area (TPSA) is 90.7 Å². The van der Waals surface area contributed by atoms with E-state index in [-0.39, 0.29) is 16.9 Å². The van der Waals surface area contributed by atoms with Crippen molar-refractivity contribution in [1.82, 2.24) is 9.88 Å². The monoisotopic (exact) mass is 430 g/mol. The molecule has 1 aliphatic heterocycles. The van der Waals surface area contributed by atoms with Crippen molar-refractivity contribution in [2.75, 3.05) is 13.2 Å². The molecule has 0 aliphatic carbocycles. The Hall–Kier alpha value is -1.58. The fourth-order valence-corrected chi connectivity index (χ4v) is 4.54. The van der Waals surface area contributed by atoms with Crippen molar-refractivity contribution in [3.63, 3.8) is 0 Å². The summed E-state index contributed by atoms with van der Waals surface area (Å²) in [6.07, 6.45) is 1.46. The highest BCUT2D eigenvalue weighted by Gasteiger charge is 2.26. The highest BCUT2D eigenvalue weighted by molar-refractivity contribution is 9.10. The maximum Gasteiger partial charge on any atom is 0.242 e. The van der Waals surface area contributed by atoms with Crippen molar-refractivity contribution < 1.29 is 22.4 Å². The number of benzene rings is 1. The lowest BCUT2D eigenvalue weighted by molar-refractivity contribution is 0.171. The summed E-state index contributed by atoms with van der Waals surface area (Å²) in [6.45, 7) is 6.87. The second kappa shape index (κ2) is 6.62. The smallest absolute Gasteiger partial charge is 0.242 e. The largest absolute Gasteiger partial charge is 0.486 e. The molecule has 2 heterocycles. The molecule has 0 amide bonds. The average Bonchev–Trinajstić information content (AvgIpc) is 3.01. The molecule has 1 aromatic carbocycles. The Morgan fingerprint density at radius 2 is 1.84 bits per heavy atom. The van der Waals surface area contributed by atoms with E-state index in [1.807, 2.05) is 20.8 Å². The highest BCUT2D eigenvalue weighted by Crippen LogP contribution is 2.37. The molecule has 3 rings (SSSR count). The van der Waals surface area contributed by atoms with Crippen molar-refractivity contribution >= 4 is 26.0 Å². The molecule has 1 aliphatic rings. The van der Waals surface area contributed by atoms with Gasteiger partial charge in [0.05, 0.1) is 5.69 Å². The number of sulfonamides is 1. The fraction of sp³-hybridized carbons (Fsp3) is 0.438. The lowest BCUT2D eigenvalue weighted by Crippen LogP contribution is -2.26. The molecule has 0 unspecified atom stereocenters. The summed E-state index contributed by atoms with van der Waals surface area (Å²) in [6, 6.07) is 3.06. The number of hydrogen-bond acceptors (Lipinski definition) is 6. The number of fused-ring (bicyclic) bond motifs is 1. The molecule has 25 heavy (non-hydrogen) atoms. The molecule has 0 saturated carbocycles. The Bertz CT molecular complexity index is 886. The summed E-state index contributed by atoms with van der Waals surface area (Å²) in [7, 11) is -3.76. The molecule has 0 bridgehead atoms. The number of nitrogens with one attached hydrogen (secondary N) is 1. The van der Waals surface area contributed by atoms with Crippen LogP contribution in [0.3, 0.4) is 0 Å². The van der Waals surface area contributed by atoms with Crippen molar-refractivity contribution in [1.29, 1.82) is 0 Å². The van der Waals surface area contributed by atoms with Crippen molar-refractivity contribution in [3.05, 3.63) is 34.1 Å². The number of ether oxygens (including phenoxy) is 2. The zero-order valence-electron chi connectivity index (χ0n) is 14.1. The van der Waals surface area contributed by atoms with E-state index in [4.69, 9.17) is 14.0 Å². The van der Waals surface area contributed by atoms with Gasteiger partial charge in [-0.2, -0.15) is 0 Å². The third-order valence-electron chi connectivity index (χ3n) is 3.69. The van der Waals surface area contributed by atoms with E-state index in [1.54, 1.807) is 6.07 Å². The minimum absolute atomic E-state index is 0.0827. The van der Waals surface area contributed by atoms with Crippen molar-refractivity contribution in [3.8, 4) is 11.5 Å². The molecule has 136 valence electrons. The SMILES string of the molecule is CC(C)(C)c1nocc1CNS(=O)(=O)c1cc2c(cc1Br)OCCO2. The maximum atomic E-state index is 12.7. The first-order valence-electron chi connectivity index (χ1n) is 7.71. The van der Waals surface area contributed by atoms with Gasteiger partial charge in [-0.15, -0.1) is 0 Å². The summed E-state index contributed by atoms with van der Waals surface area (Å²) < 4.78 is 44.3. The zero-order valence-corrected chi connectivity index (χ0v) is 16.5. The van der Waals surface area contributed by atoms with E-state index in [1.165, 1.54) is 12.3 Å². The van der Waals surface area contributed by atoms with Gasteiger partial charge in [0.1, 0.15) is 24.4 Å². The molecule has 0 saturated heterocycles. The van der Waals surface area contributed by atoms with Gasteiger partial charge in [-0.1, -0.05) is 25.9 Å².